The van der Waals surface area contributed by atoms with Gasteiger partial charge in [0.25, 0.3) is 0 Å². The largest absolute Gasteiger partial charge is 0.374 e. The second-order valence-electron chi connectivity index (χ2n) is 6.27. The van der Waals surface area contributed by atoms with Gasteiger partial charge in [0.2, 0.25) is 5.91 Å². The van der Waals surface area contributed by atoms with Crippen LogP contribution < -0.4 is 5.32 Å². The van der Waals surface area contributed by atoms with Gasteiger partial charge < -0.3 is 19.9 Å². The summed E-state index contributed by atoms with van der Waals surface area (Å²) >= 11 is 1.69. The molecule has 2 aliphatic rings. The maximum absolute atomic E-state index is 12.5. The van der Waals surface area contributed by atoms with Gasteiger partial charge in [-0.3, -0.25) is 4.79 Å². The van der Waals surface area contributed by atoms with Crippen molar-refractivity contribution in [2.45, 2.75) is 31.5 Å². The molecular formula is C16H25N3O2S. The maximum atomic E-state index is 12.5. The van der Waals surface area contributed by atoms with Gasteiger partial charge in [0.1, 0.15) is 0 Å². The molecule has 1 aliphatic heterocycles. The third kappa shape index (κ3) is 4.52. The summed E-state index contributed by atoms with van der Waals surface area (Å²) in [5.41, 5.74) is 1.24. The molecule has 1 aromatic heterocycles. The van der Waals surface area contributed by atoms with Gasteiger partial charge in [-0.1, -0.05) is 0 Å². The Bertz CT molecular complexity index is 476. The van der Waals surface area contributed by atoms with Crippen LogP contribution in [0, 0.1) is 0 Å². The smallest absolute Gasteiger partial charge is 0.237 e. The zero-order valence-electron chi connectivity index (χ0n) is 13.2. The average molecular weight is 323 g/mol. The van der Waals surface area contributed by atoms with E-state index in [9.17, 15) is 4.79 Å². The predicted octanol–water partition coefficient (Wildman–Crippen LogP) is 1.16. The number of likely N-dealkylation sites (N-methyl/N-ethyl adjacent to an activating group) is 1. The predicted molar refractivity (Wildman–Crippen MR) is 88.0 cm³/mol. The van der Waals surface area contributed by atoms with Gasteiger partial charge >= 0.3 is 0 Å². The van der Waals surface area contributed by atoms with Gasteiger partial charge in [0.15, 0.2) is 0 Å². The minimum absolute atomic E-state index is 0.192. The Morgan fingerprint density at radius 3 is 3.09 bits per heavy atom. The Hall–Kier alpha value is -0.950. The first kappa shape index (κ1) is 15.9. The summed E-state index contributed by atoms with van der Waals surface area (Å²) < 4.78 is 5.71. The minimum Gasteiger partial charge on any atom is -0.374 e. The van der Waals surface area contributed by atoms with Crippen molar-refractivity contribution in [1.82, 2.24) is 15.1 Å². The molecule has 1 saturated carbocycles. The molecule has 1 aromatic rings. The van der Waals surface area contributed by atoms with Gasteiger partial charge in [-0.25, -0.2) is 0 Å². The van der Waals surface area contributed by atoms with Crippen molar-refractivity contribution in [2.75, 3.05) is 39.8 Å². The average Bonchev–Trinajstić information content (AvgIpc) is 3.21. The Morgan fingerprint density at radius 2 is 2.41 bits per heavy atom. The van der Waals surface area contributed by atoms with E-state index >= 15 is 0 Å². The van der Waals surface area contributed by atoms with Crippen molar-refractivity contribution in [1.29, 1.82) is 0 Å². The molecule has 2 fully saturated rings. The lowest BCUT2D eigenvalue weighted by Crippen LogP contribution is -2.47. The van der Waals surface area contributed by atoms with Crippen LogP contribution in [-0.4, -0.2) is 67.7 Å². The van der Waals surface area contributed by atoms with E-state index in [4.69, 9.17) is 4.74 Å². The highest BCUT2D eigenvalue weighted by molar-refractivity contribution is 7.07. The molecule has 3 rings (SSSR count). The molecule has 0 aromatic carbocycles. The molecular weight excluding hydrogens is 298 g/mol. The van der Waals surface area contributed by atoms with Crippen LogP contribution in [0.1, 0.15) is 18.4 Å². The standard InChI is InChI=1S/C16H25N3O2S/c1-18-5-6-21-15(11-18)8-17-9-16(20)19(14-2-3-14)10-13-4-7-22-12-13/h4,7,12,14-15,17H,2-3,5-6,8-11H2,1H3. The van der Waals surface area contributed by atoms with Crippen LogP contribution in [0.15, 0.2) is 16.8 Å². The molecule has 0 radical (unpaired) electrons. The molecule has 1 amide bonds. The topological polar surface area (TPSA) is 44.8 Å². The number of carbonyl (C=O) groups excluding carboxylic acids is 1. The molecule has 1 atom stereocenters. The third-order valence-corrected chi connectivity index (χ3v) is 4.96. The van der Waals surface area contributed by atoms with E-state index in [0.29, 0.717) is 12.6 Å². The lowest BCUT2D eigenvalue weighted by Gasteiger charge is -2.30. The quantitative estimate of drug-likeness (QED) is 0.818. The van der Waals surface area contributed by atoms with Crippen molar-refractivity contribution in [3.63, 3.8) is 0 Å². The van der Waals surface area contributed by atoms with Crippen molar-refractivity contribution in [3.8, 4) is 0 Å². The number of amides is 1. The summed E-state index contributed by atoms with van der Waals surface area (Å²) in [5, 5.41) is 7.47. The van der Waals surface area contributed by atoms with E-state index in [1.165, 1.54) is 5.56 Å². The third-order valence-electron chi connectivity index (χ3n) is 4.23. The fraction of sp³-hybridized carbons (Fsp3) is 0.688. The number of hydrogen-bond acceptors (Lipinski definition) is 5. The highest BCUT2D eigenvalue weighted by Crippen LogP contribution is 2.28. The second kappa shape index (κ2) is 7.55. The monoisotopic (exact) mass is 323 g/mol. The summed E-state index contributed by atoms with van der Waals surface area (Å²) in [6, 6.07) is 2.55. The Labute approximate surface area is 136 Å². The molecule has 1 saturated heterocycles. The molecule has 1 aliphatic carbocycles. The number of thiophene rings is 1. The number of nitrogens with one attached hydrogen (secondary N) is 1. The van der Waals surface area contributed by atoms with Crippen LogP contribution in [0.5, 0.6) is 0 Å². The van der Waals surface area contributed by atoms with Gasteiger partial charge in [0, 0.05) is 32.2 Å². The van der Waals surface area contributed by atoms with Crippen LogP contribution in [0.4, 0.5) is 0 Å². The first-order chi connectivity index (χ1) is 10.7. The van der Waals surface area contributed by atoms with E-state index in [1.807, 2.05) is 4.90 Å². The first-order valence-electron chi connectivity index (χ1n) is 8.04. The van der Waals surface area contributed by atoms with Crippen molar-refractivity contribution < 1.29 is 9.53 Å². The molecule has 2 heterocycles. The summed E-state index contributed by atoms with van der Waals surface area (Å²) in [6.07, 6.45) is 2.48. The number of carbonyl (C=O) groups is 1. The summed E-state index contributed by atoms with van der Waals surface area (Å²) in [6.45, 7) is 4.60. The van der Waals surface area contributed by atoms with Crippen molar-refractivity contribution >= 4 is 17.2 Å². The fourth-order valence-corrected chi connectivity index (χ4v) is 3.48. The van der Waals surface area contributed by atoms with Crippen LogP contribution >= 0.6 is 11.3 Å². The summed E-state index contributed by atoms with van der Waals surface area (Å²) in [4.78, 5) is 16.8. The number of hydrogen-bond donors (Lipinski definition) is 1. The summed E-state index contributed by atoms with van der Waals surface area (Å²) in [7, 11) is 2.11. The van der Waals surface area contributed by atoms with Crippen LogP contribution in [-0.2, 0) is 16.1 Å². The molecule has 0 bridgehead atoms. The minimum atomic E-state index is 0.192. The maximum Gasteiger partial charge on any atom is 0.237 e. The fourth-order valence-electron chi connectivity index (χ4n) is 2.82. The van der Waals surface area contributed by atoms with Crippen LogP contribution in [0.25, 0.3) is 0 Å². The molecule has 1 unspecified atom stereocenters. The lowest BCUT2D eigenvalue weighted by molar-refractivity contribution is -0.131. The molecule has 6 heteroatoms. The molecule has 122 valence electrons. The van der Waals surface area contributed by atoms with E-state index in [1.54, 1.807) is 11.3 Å². The SMILES string of the molecule is CN1CCOC(CNCC(=O)N(Cc2ccsc2)C2CC2)C1. The molecule has 22 heavy (non-hydrogen) atoms. The van der Waals surface area contributed by atoms with Gasteiger partial charge in [-0.15, -0.1) is 0 Å². The van der Waals surface area contributed by atoms with Crippen LogP contribution in [0.3, 0.4) is 0 Å². The molecule has 1 N–H and O–H groups in total. The second-order valence-corrected chi connectivity index (χ2v) is 7.05. The Balaban J connectivity index is 1.43. The van der Waals surface area contributed by atoms with Gasteiger partial charge in [0.05, 0.1) is 19.3 Å². The van der Waals surface area contributed by atoms with E-state index in [0.717, 1.165) is 45.6 Å². The van der Waals surface area contributed by atoms with Crippen LogP contribution in [0.2, 0.25) is 0 Å². The Kier molecular flexibility index (Phi) is 5.46. The van der Waals surface area contributed by atoms with Crippen molar-refractivity contribution in [3.05, 3.63) is 22.4 Å². The zero-order valence-corrected chi connectivity index (χ0v) is 14.0. The molecule has 5 nitrogen and oxygen atoms in total. The van der Waals surface area contributed by atoms with Gasteiger partial charge in [-0.05, 0) is 42.3 Å². The number of morpholine rings is 1. The molecule has 0 spiro atoms. The van der Waals surface area contributed by atoms with E-state index < -0.39 is 0 Å². The lowest BCUT2D eigenvalue weighted by atomic mass is 10.2. The van der Waals surface area contributed by atoms with E-state index in [-0.39, 0.29) is 12.0 Å². The summed E-state index contributed by atoms with van der Waals surface area (Å²) in [5.74, 6) is 0.206. The Morgan fingerprint density at radius 1 is 1.55 bits per heavy atom. The zero-order chi connectivity index (χ0) is 15.4. The highest BCUT2D eigenvalue weighted by atomic mass is 32.1. The van der Waals surface area contributed by atoms with Crippen molar-refractivity contribution in [2.24, 2.45) is 0 Å². The number of ether oxygens (including phenoxy) is 1. The highest BCUT2D eigenvalue weighted by Gasteiger charge is 2.32. The van der Waals surface area contributed by atoms with E-state index in [2.05, 4.69) is 34.1 Å². The number of nitrogens with zero attached hydrogens (tertiary/aromatic N) is 2. The number of rotatable bonds is 7. The normalized spacial score (nSPS) is 22.7. The first-order valence-corrected chi connectivity index (χ1v) is 8.98. The van der Waals surface area contributed by atoms with Gasteiger partial charge in [-0.2, -0.15) is 11.3 Å².